The number of carbonyl (C=O) groups is 4. The minimum atomic E-state index is -1.30. The standard InChI is InChI=1S/C31H39N5O5S/c1-22-11-10-14-25-29(22)33-31(42-25)32-26(38)21-34-17-19-35(20-18-34)27(39)15-8-3-4-9-16-28(40)36(23(2)37)30(41)24-12-6-5-7-13-24/h5-7,10-14,30,41H,3-4,8-9,15-21H2,1-2H3,(H,32,33,38). The second-order valence-electron chi connectivity index (χ2n) is 10.6. The molecular weight excluding hydrogens is 554 g/mol. The Labute approximate surface area is 250 Å². The van der Waals surface area contributed by atoms with Crippen LogP contribution in [0.3, 0.4) is 0 Å². The Morgan fingerprint density at radius 1 is 0.952 bits per heavy atom. The maximum Gasteiger partial charge on any atom is 0.240 e. The molecule has 4 amide bonds. The lowest BCUT2D eigenvalue weighted by atomic mass is 10.1. The van der Waals surface area contributed by atoms with E-state index in [0.717, 1.165) is 39.9 Å². The molecule has 1 fully saturated rings. The number of nitrogens with zero attached hydrogens (tertiary/aromatic N) is 4. The molecule has 3 aromatic rings. The first-order valence-electron chi connectivity index (χ1n) is 14.4. The molecule has 10 nitrogen and oxygen atoms in total. The van der Waals surface area contributed by atoms with Gasteiger partial charge < -0.3 is 15.3 Å². The SMILES string of the molecule is CC(=O)N(C(=O)CCCCCCC(=O)N1CCN(CC(=O)Nc2nc3c(C)cccc3s2)CC1)C(O)c1ccccc1. The van der Waals surface area contributed by atoms with Gasteiger partial charge in [0.05, 0.1) is 16.8 Å². The van der Waals surface area contributed by atoms with Crippen LogP contribution in [0.25, 0.3) is 10.2 Å². The molecule has 1 atom stereocenters. The predicted octanol–water partition coefficient (Wildman–Crippen LogP) is 4.09. The number of nitrogens with one attached hydrogen (secondary N) is 1. The van der Waals surface area contributed by atoms with Gasteiger partial charge in [0.2, 0.25) is 23.6 Å². The average molecular weight is 594 g/mol. The quantitative estimate of drug-likeness (QED) is 0.240. The fourth-order valence-corrected chi connectivity index (χ4v) is 6.06. The lowest BCUT2D eigenvalue weighted by molar-refractivity contribution is -0.155. The second-order valence-corrected chi connectivity index (χ2v) is 11.7. The number of hydrogen-bond donors (Lipinski definition) is 2. The third kappa shape index (κ3) is 8.43. The van der Waals surface area contributed by atoms with Gasteiger partial charge in [-0.2, -0.15) is 0 Å². The number of fused-ring (bicyclic) bond motifs is 1. The van der Waals surface area contributed by atoms with Crippen molar-refractivity contribution in [3.63, 3.8) is 0 Å². The van der Waals surface area contributed by atoms with E-state index in [0.29, 0.717) is 49.7 Å². The maximum absolute atomic E-state index is 12.7. The largest absolute Gasteiger partial charge is 0.369 e. The molecule has 0 radical (unpaired) electrons. The molecule has 1 saturated heterocycles. The number of benzene rings is 2. The molecular formula is C31H39N5O5S. The van der Waals surface area contributed by atoms with Crippen LogP contribution in [0.15, 0.2) is 48.5 Å². The number of amides is 4. The van der Waals surface area contributed by atoms with E-state index in [1.165, 1.54) is 18.3 Å². The van der Waals surface area contributed by atoms with E-state index in [4.69, 9.17) is 0 Å². The second kappa shape index (κ2) is 15.0. The van der Waals surface area contributed by atoms with Crippen molar-refractivity contribution in [3.05, 3.63) is 59.7 Å². The molecule has 2 aromatic carbocycles. The van der Waals surface area contributed by atoms with Gasteiger partial charge in [0.25, 0.3) is 0 Å². The summed E-state index contributed by atoms with van der Waals surface area (Å²) in [6.07, 6.45) is 2.15. The Hall–Kier alpha value is -3.67. The molecule has 0 bridgehead atoms. The van der Waals surface area contributed by atoms with Crippen LogP contribution in [0, 0.1) is 6.92 Å². The van der Waals surface area contributed by atoms with Crippen LogP contribution in [0.2, 0.25) is 0 Å². The number of aliphatic hydroxyl groups excluding tert-OH is 1. The number of anilines is 1. The summed E-state index contributed by atoms with van der Waals surface area (Å²) in [5, 5.41) is 14.0. The van der Waals surface area contributed by atoms with Crippen LogP contribution in [0.1, 0.15) is 62.8 Å². The van der Waals surface area contributed by atoms with Crippen LogP contribution >= 0.6 is 11.3 Å². The lowest BCUT2D eigenvalue weighted by Crippen LogP contribution is -2.50. The van der Waals surface area contributed by atoms with E-state index in [-0.39, 0.29) is 24.8 Å². The van der Waals surface area contributed by atoms with Crippen LogP contribution in [0.4, 0.5) is 5.13 Å². The van der Waals surface area contributed by atoms with E-state index in [1.54, 1.807) is 30.3 Å². The smallest absolute Gasteiger partial charge is 0.240 e. The van der Waals surface area contributed by atoms with Crippen LogP contribution < -0.4 is 5.32 Å². The summed E-state index contributed by atoms with van der Waals surface area (Å²) in [4.78, 5) is 59.3. The highest BCUT2D eigenvalue weighted by Gasteiger charge is 2.26. The molecule has 0 spiro atoms. The van der Waals surface area contributed by atoms with Crippen molar-refractivity contribution in [1.29, 1.82) is 0 Å². The lowest BCUT2D eigenvalue weighted by Gasteiger charge is -2.34. The van der Waals surface area contributed by atoms with Gasteiger partial charge in [0.15, 0.2) is 11.4 Å². The number of thiazole rings is 1. The van der Waals surface area contributed by atoms with Crippen molar-refractivity contribution in [2.24, 2.45) is 0 Å². The van der Waals surface area contributed by atoms with Crippen molar-refractivity contribution in [3.8, 4) is 0 Å². The third-order valence-electron chi connectivity index (χ3n) is 7.44. The normalized spacial score (nSPS) is 14.5. The number of piperazine rings is 1. The number of hydrogen-bond acceptors (Lipinski definition) is 8. The number of aryl methyl sites for hydroxylation is 1. The van der Waals surface area contributed by atoms with Gasteiger partial charge in [0.1, 0.15) is 0 Å². The van der Waals surface area contributed by atoms with E-state index >= 15 is 0 Å². The van der Waals surface area contributed by atoms with E-state index in [9.17, 15) is 24.3 Å². The maximum atomic E-state index is 12.7. The summed E-state index contributed by atoms with van der Waals surface area (Å²) in [7, 11) is 0. The first-order chi connectivity index (χ1) is 20.2. The fraction of sp³-hybridized carbons (Fsp3) is 0.452. The number of imide groups is 1. The molecule has 1 aliphatic rings. The highest BCUT2D eigenvalue weighted by Crippen LogP contribution is 2.28. The van der Waals surface area contributed by atoms with Crippen molar-refractivity contribution >= 4 is 50.3 Å². The summed E-state index contributed by atoms with van der Waals surface area (Å²) < 4.78 is 1.05. The molecule has 0 aliphatic carbocycles. The van der Waals surface area contributed by atoms with Crippen LogP contribution in [0.5, 0.6) is 0 Å². The highest BCUT2D eigenvalue weighted by molar-refractivity contribution is 7.22. The van der Waals surface area contributed by atoms with Gasteiger partial charge in [-0.05, 0) is 31.4 Å². The highest BCUT2D eigenvalue weighted by atomic mass is 32.1. The monoisotopic (exact) mass is 593 g/mol. The number of rotatable bonds is 12. The number of aromatic nitrogens is 1. The summed E-state index contributed by atoms with van der Waals surface area (Å²) in [5.74, 6) is -0.901. The van der Waals surface area contributed by atoms with Gasteiger partial charge >= 0.3 is 0 Å². The zero-order valence-electron chi connectivity index (χ0n) is 24.3. The topological polar surface area (TPSA) is 123 Å². The Morgan fingerprint density at radius 2 is 1.64 bits per heavy atom. The minimum Gasteiger partial charge on any atom is -0.369 e. The fourth-order valence-electron chi connectivity index (χ4n) is 5.10. The summed E-state index contributed by atoms with van der Waals surface area (Å²) >= 11 is 1.47. The molecule has 224 valence electrons. The number of para-hydroxylation sites is 1. The Kier molecular flexibility index (Phi) is 11.2. The van der Waals surface area contributed by atoms with Crippen molar-refractivity contribution in [1.82, 2.24) is 19.7 Å². The Balaban J connectivity index is 1.09. The summed E-state index contributed by atoms with van der Waals surface area (Å²) in [5.41, 5.74) is 2.48. The molecule has 42 heavy (non-hydrogen) atoms. The van der Waals surface area contributed by atoms with Crippen LogP contribution in [-0.2, 0) is 19.2 Å². The zero-order valence-corrected chi connectivity index (χ0v) is 25.1. The zero-order chi connectivity index (χ0) is 30.1. The van der Waals surface area contributed by atoms with Gasteiger partial charge in [0, 0.05) is 51.5 Å². The molecule has 2 heterocycles. The molecule has 4 rings (SSSR count). The third-order valence-corrected chi connectivity index (χ3v) is 8.38. The van der Waals surface area contributed by atoms with E-state index in [2.05, 4.69) is 10.3 Å². The first kappa shape index (κ1) is 31.3. The van der Waals surface area contributed by atoms with E-state index < -0.39 is 18.0 Å². The van der Waals surface area contributed by atoms with E-state index in [1.807, 2.05) is 34.9 Å². The molecule has 1 aromatic heterocycles. The molecule has 0 saturated carbocycles. The van der Waals surface area contributed by atoms with Gasteiger partial charge in [-0.25, -0.2) is 4.98 Å². The van der Waals surface area contributed by atoms with Gasteiger partial charge in [-0.1, -0.05) is 66.6 Å². The molecule has 2 N–H and O–H groups in total. The summed E-state index contributed by atoms with van der Waals surface area (Å²) in [6.45, 7) is 6.00. The van der Waals surface area contributed by atoms with Crippen molar-refractivity contribution in [2.75, 3.05) is 38.0 Å². The minimum absolute atomic E-state index is 0.105. The molecule has 11 heteroatoms. The Morgan fingerprint density at radius 3 is 2.31 bits per heavy atom. The number of aliphatic hydroxyl groups is 1. The van der Waals surface area contributed by atoms with Crippen molar-refractivity contribution in [2.45, 2.75) is 58.6 Å². The molecule has 1 unspecified atom stereocenters. The average Bonchev–Trinajstić information content (AvgIpc) is 3.39. The number of unbranched alkanes of at least 4 members (excludes halogenated alkanes) is 3. The number of carbonyl (C=O) groups excluding carboxylic acids is 4. The van der Waals surface area contributed by atoms with Crippen molar-refractivity contribution < 1.29 is 24.3 Å². The first-order valence-corrected chi connectivity index (χ1v) is 15.3. The van der Waals surface area contributed by atoms with Gasteiger partial charge in [-0.3, -0.25) is 29.0 Å². The summed E-state index contributed by atoms with van der Waals surface area (Å²) in [6, 6.07) is 14.6. The molecule has 1 aliphatic heterocycles. The van der Waals surface area contributed by atoms with Crippen LogP contribution in [-0.4, -0.2) is 81.1 Å². The Bertz CT molecular complexity index is 1390. The van der Waals surface area contributed by atoms with Gasteiger partial charge in [-0.15, -0.1) is 0 Å². The predicted molar refractivity (Wildman–Crippen MR) is 163 cm³/mol.